The van der Waals surface area contributed by atoms with Crippen LogP contribution in [0.4, 0.5) is 0 Å². The lowest BCUT2D eigenvalue weighted by Crippen LogP contribution is -2.43. The zero-order valence-electron chi connectivity index (χ0n) is 7.36. The number of hydrazone groups is 1. The van der Waals surface area contributed by atoms with Crippen LogP contribution in [0.5, 0.6) is 0 Å². The molecule has 2 N–H and O–H groups in total. The fourth-order valence-electron chi connectivity index (χ4n) is 1.71. The molecule has 0 aromatic rings. The van der Waals surface area contributed by atoms with Gasteiger partial charge >= 0.3 is 0 Å². The van der Waals surface area contributed by atoms with Gasteiger partial charge in [-0.2, -0.15) is 5.10 Å². The molecule has 0 fully saturated rings. The summed E-state index contributed by atoms with van der Waals surface area (Å²) in [6.07, 6.45) is 6.13. The number of nitrogens with one attached hydrogen (secondary N) is 2. The van der Waals surface area contributed by atoms with E-state index in [0.717, 1.165) is 0 Å². The van der Waals surface area contributed by atoms with E-state index in [0.29, 0.717) is 18.0 Å². The standard InChI is InChI=1S/C8H14N4/c1-6-7(5-9-11-6)8-3-4-10-12(8)2/h3-8,10-11H,1-2H3. The van der Waals surface area contributed by atoms with Gasteiger partial charge < -0.3 is 10.9 Å². The average Bonchev–Trinajstić information content (AvgIpc) is 2.59. The average molecular weight is 166 g/mol. The van der Waals surface area contributed by atoms with E-state index in [1.54, 1.807) is 0 Å². The van der Waals surface area contributed by atoms with Crippen LogP contribution in [0.1, 0.15) is 6.92 Å². The van der Waals surface area contributed by atoms with Gasteiger partial charge in [-0.15, -0.1) is 0 Å². The summed E-state index contributed by atoms with van der Waals surface area (Å²) in [6, 6.07) is 0.862. The van der Waals surface area contributed by atoms with Crippen molar-refractivity contribution < 1.29 is 0 Å². The molecule has 3 unspecified atom stereocenters. The Kier molecular flexibility index (Phi) is 1.77. The van der Waals surface area contributed by atoms with Crippen molar-refractivity contribution in [2.45, 2.75) is 19.0 Å². The molecule has 4 heteroatoms. The Morgan fingerprint density at radius 2 is 2.33 bits per heavy atom. The first-order chi connectivity index (χ1) is 5.79. The van der Waals surface area contributed by atoms with Gasteiger partial charge in [0.25, 0.3) is 0 Å². The molecule has 2 aliphatic rings. The van der Waals surface area contributed by atoms with Crippen LogP contribution in [0.2, 0.25) is 0 Å². The van der Waals surface area contributed by atoms with Crippen molar-refractivity contribution in [2.75, 3.05) is 7.05 Å². The van der Waals surface area contributed by atoms with Crippen LogP contribution < -0.4 is 10.9 Å². The highest BCUT2D eigenvalue weighted by molar-refractivity contribution is 5.65. The lowest BCUT2D eigenvalue weighted by Gasteiger charge is -2.25. The summed E-state index contributed by atoms with van der Waals surface area (Å²) in [5, 5.41) is 6.16. The van der Waals surface area contributed by atoms with E-state index in [4.69, 9.17) is 0 Å². The Labute approximate surface area is 72.3 Å². The molecule has 0 bridgehead atoms. The zero-order chi connectivity index (χ0) is 8.55. The number of hydrogen-bond donors (Lipinski definition) is 2. The second-order valence-electron chi connectivity index (χ2n) is 3.36. The highest BCUT2D eigenvalue weighted by atomic mass is 15.5. The lowest BCUT2D eigenvalue weighted by molar-refractivity contribution is 0.211. The minimum Gasteiger partial charge on any atom is -0.326 e. The third-order valence-electron chi connectivity index (χ3n) is 2.52. The molecule has 0 spiro atoms. The highest BCUT2D eigenvalue weighted by Crippen LogP contribution is 2.18. The minimum absolute atomic E-state index is 0.429. The van der Waals surface area contributed by atoms with E-state index in [1.807, 2.05) is 19.5 Å². The quantitative estimate of drug-likeness (QED) is 0.572. The first kappa shape index (κ1) is 7.61. The van der Waals surface area contributed by atoms with Gasteiger partial charge in [0.05, 0.1) is 12.1 Å². The normalized spacial score (nSPS) is 40.0. The molecule has 0 saturated heterocycles. The summed E-state index contributed by atoms with van der Waals surface area (Å²) in [5.74, 6) is 0.473. The molecular weight excluding hydrogens is 152 g/mol. The highest BCUT2D eigenvalue weighted by Gasteiger charge is 2.31. The SMILES string of the molecule is CC1NN=CC1C1C=CNN1C. The predicted molar refractivity (Wildman–Crippen MR) is 48.4 cm³/mol. The topological polar surface area (TPSA) is 39.7 Å². The molecule has 12 heavy (non-hydrogen) atoms. The van der Waals surface area contributed by atoms with Crippen LogP contribution in [-0.2, 0) is 0 Å². The molecule has 4 nitrogen and oxygen atoms in total. The Morgan fingerprint density at radius 1 is 1.50 bits per heavy atom. The van der Waals surface area contributed by atoms with Gasteiger partial charge in [0.15, 0.2) is 0 Å². The molecule has 0 saturated carbocycles. The maximum Gasteiger partial charge on any atom is 0.0583 e. The smallest absolute Gasteiger partial charge is 0.0583 e. The Hall–Kier alpha value is -1.03. The minimum atomic E-state index is 0.429. The number of hydrogen-bond acceptors (Lipinski definition) is 4. The monoisotopic (exact) mass is 166 g/mol. The van der Waals surface area contributed by atoms with Gasteiger partial charge in [0.2, 0.25) is 0 Å². The first-order valence-electron chi connectivity index (χ1n) is 4.23. The molecule has 0 aromatic carbocycles. The summed E-state index contributed by atoms with van der Waals surface area (Å²) < 4.78 is 0. The van der Waals surface area contributed by atoms with Crippen molar-refractivity contribution >= 4 is 6.21 Å². The zero-order valence-corrected chi connectivity index (χ0v) is 7.36. The molecule has 2 rings (SSSR count). The van der Waals surface area contributed by atoms with Crippen molar-refractivity contribution in [3.05, 3.63) is 12.3 Å². The second-order valence-corrected chi connectivity index (χ2v) is 3.36. The Balaban J connectivity index is 2.08. The van der Waals surface area contributed by atoms with Gasteiger partial charge in [0.1, 0.15) is 0 Å². The van der Waals surface area contributed by atoms with Crippen molar-refractivity contribution in [1.82, 2.24) is 15.9 Å². The molecule has 3 atom stereocenters. The molecule has 2 aliphatic heterocycles. The van der Waals surface area contributed by atoms with Crippen molar-refractivity contribution in [3.8, 4) is 0 Å². The molecular formula is C8H14N4. The summed E-state index contributed by atoms with van der Waals surface area (Å²) in [5.41, 5.74) is 6.18. The van der Waals surface area contributed by atoms with Crippen LogP contribution in [0.15, 0.2) is 17.4 Å². The van der Waals surface area contributed by atoms with E-state index in [1.165, 1.54) is 0 Å². The summed E-state index contributed by atoms with van der Waals surface area (Å²) >= 11 is 0. The third kappa shape index (κ3) is 1.08. The van der Waals surface area contributed by atoms with Gasteiger partial charge in [-0.1, -0.05) is 0 Å². The third-order valence-corrected chi connectivity index (χ3v) is 2.52. The Morgan fingerprint density at radius 3 is 2.83 bits per heavy atom. The maximum absolute atomic E-state index is 4.06. The summed E-state index contributed by atoms with van der Waals surface area (Å²) in [6.45, 7) is 2.15. The molecule has 0 radical (unpaired) electrons. The molecule has 66 valence electrons. The van der Waals surface area contributed by atoms with Gasteiger partial charge in [-0.25, -0.2) is 5.01 Å². The summed E-state index contributed by atoms with van der Waals surface area (Å²) in [4.78, 5) is 0. The largest absolute Gasteiger partial charge is 0.326 e. The number of rotatable bonds is 1. The molecule has 2 heterocycles. The van der Waals surface area contributed by atoms with E-state index in [2.05, 4.69) is 34.0 Å². The van der Waals surface area contributed by atoms with Crippen LogP contribution in [-0.4, -0.2) is 30.4 Å². The Bertz CT molecular complexity index is 199. The van der Waals surface area contributed by atoms with E-state index >= 15 is 0 Å². The van der Waals surface area contributed by atoms with Crippen LogP contribution in [0.25, 0.3) is 0 Å². The van der Waals surface area contributed by atoms with Crippen molar-refractivity contribution in [2.24, 2.45) is 11.0 Å². The van der Waals surface area contributed by atoms with Crippen LogP contribution in [0.3, 0.4) is 0 Å². The predicted octanol–water partition coefficient (Wildman–Crippen LogP) is -0.0876. The van der Waals surface area contributed by atoms with E-state index in [-0.39, 0.29) is 0 Å². The van der Waals surface area contributed by atoms with Gasteiger partial charge in [0, 0.05) is 25.4 Å². The van der Waals surface area contributed by atoms with Crippen LogP contribution >= 0.6 is 0 Å². The molecule has 0 aliphatic carbocycles. The van der Waals surface area contributed by atoms with Crippen LogP contribution in [0, 0.1) is 5.92 Å². The van der Waals surface area contributed by atoms with Gasteiger partial charge in [-0.05, 0) is 13.0 Å². The fourth-order valence-corrected chi connectivity index (χ4v) is 1.71. The number of likely N-dealkylation sites (N-methyl/N-ethyl adjacent to an activating group) is 1. The van der Waals surface area contributed by atoms with Gasteiger partial charge in [-0.3, -0.25) is 0 Å². The number of nitrogens with zero attached hydrogens (tertiary/aromatic N) is 2. The lowest BCUT2D eigenvalue weighted by atomic mass is 9.95. The first-order valence-corrected chi connectivity index (χ1v) is 4.23. The maximum atomic E-state index is 4.06. The van der Waals surface area contributed by atoms with E-state index < -0.39 is 0 Å². The van der Waals surface area contributed by atoms with Crippen molar-refractivity contribution in [3.63, 3.8) is 0 Å². The second kappa shape index (κ2) is 2.79. The fraction of sp³-hybridized carbons (Fsp3) is 0.625. The van der Waals surface area contributed by atoms with Crippen molar-refractivity contribution in [1.29, 1.82) is 0 Å². The van der Waals surface area contributed by atoms with E-state index in [9.17, 15) is 0 Å². The summed E-state index contributed by atoms with van der Waals surface area (Å²) in [7, 11) is 2.05. The molecule has 0 amide bonds. The molecule has 0 aromatic heterocycles. The number of hydrazine groups is 1.